The van der Waals surface area contributed by atoms with Crippen molar-refractivity contribution >= 4 is 29.4 Å². The summed E-state index contributed by atoms with van der Waals surface area (Å²) in [6.45, 7) is 6.11. The highest BCUT2D eigenvalue weighted by Crippen LogP contribution is 2.34. The van der Waals surface area contributed by atoms with Crippen molar-refractivity contribution in [2.75, 3.05) is 13.2 Å². The molecule has 0 saturated carbocycles. The molecule has 0 fully saturated rings. The normalized spacial score (nSPS) is 11.8. The van der Waals surface area contributed by atoms with Crippen molar-refractivity contribution in [3.8, 4) is 0 Å². The van der Waals surface area contributed by atoms with Gasteiger partial charge in [0.15, 0.2) is 5.16 Å². The molecule has 11 nitrogen and oxygen atoms in total. The van der Waals surface area contributed by atoms with E-state index >= 15 is 0 Å². The van der Waals surface area contributed by atoms with Gasteiger partial charge in [-0.15, -0.1) is 10.2 Å². The Morgan fingerprint density at radius 1 is 1.35 bits per heavy atom. The fourth-order valence-corrected chi connectivity index (χ4v) is 3.62. The van der Waals surface area contributed by atoms with Gasteiger partial charge in [0.25, 0.3) is 11.6 Å². The predicted molar refractivity (Wildman–Crippen MR) is 114 cm³/mol. The molecule has 0 aliphatic rings. The molecule has 0 bridgehead atoms. The number of amides is 2. The molecule has 0 aliphatic carbocycles. The average molecular weight is 451 g/mol. The summed E-state index contributed by atoms with van der Waals surface area (Å²) >= 11 is 1.09. The summed E-state index contributed by atoms with van der Waals surface area (Å²) in [4.78, 5) is 35.7. The lowest BCUT2D eigenvalue weighted by atomic mass is 10.0. The molecule has 2 N–H and O–H groups in total. The molecular weight excluding hydrogens is 424 g/mol. The van der Waals surface area contributed by atoms with Crippen molar-refractivity contribution in [2.45, 2.75) is 43.3 Å². The van der Waals surface area contributed by atoms with Crippen molar-refractivity contribution in [3.05, 3.63) is 40.2 Å². The summed E-state index contributed by atoms with van der Waals surface area (Å²) in [7, 11) is 1.73. The quantitative estimate of drug-likeness (QED) is 0.416. The molecule has 2 rings (SSSR count). The van der Waals surface area contributed by atoms with Crippen molar-refractivity contribution < 1.29 is 19.2 Å². The molecule has 31 heavy (non-hydrogen) atoms. The van der Waals surface area contributed by atoms with E-state index in [2.05, 4.69) is 20.8 Å². The third kappa shape index (κ3) is 7.24. The minimum atomic E-state index is -0.553. The lowest BCUT2D eigenvalue weighted by Gasteiger charge is -2.20. The van der Waals surface area contributed by atoms with E-state index in [0.717, 1.165) is 11.8 Å². The Kier molecular flexibility index (Phi) is 8.79. The second kappa shape index (κ2) is 11.3. The van der Waals surface area contributed by atoms with E-state index in [1.165, 1.54) is 24.5 Å². The molecule has 168 valence electrons. The molecule has 1 aromatic carbocycles. The van der Waals surface area contributed by atoms with Gasteiger partial charge in [-0.1, -0.05) is 13.8 Å². The maximum Gasteiger partial charge on any atom is 0.407 e. The SMILES string of the molecule is CCOC(=O)NC(CNC(=O)c1ccc(Sc2nncn2C)c([N+](=O)[O-])c1)CC(C)C. The zero-order valence-electron chi connectivity index (χ0n) is 17.8. The first kappa shape index (κ1) is 24.1. The number of aryl methyl sites for hydroxylation is 1. The van der Waals surface area contributed by atoms with Crippen LogP contribution in [0, 0.1) is 16.0 Å². The van der Waals surface area contributed by atoms with Crippen LogP contribution in [0.5, 0.6) is 0 Å². The van der Waals surface area contributed by atoms with E-state index in [1.807, 2.05) is 13.8 Å². The van der Waals surface area contributed by atoms with Crippen LogP contribution in [0.4, 0.5) is 10.5 Å². The average Bonchev–Trinajstić information content (AvgIpc) is 3.10. The molecule has 1 unspecified atom stereocenters. The number of benzene rings is 1. The third-order valence-corrected chi connectivity index (χ3v) is 5.27. The smallest absolute Gasteiger partial charge is 0.407 e. The van der Waals surface area contributed by atoms with E-state index in [1.54, 1.807) is 18.5 Å². The highest BCUT2D eigenvalue weighted by atomic mass is 32.2. The van der Waals surface area contributed by atoms with Crippen molar-refractivity contribution in [2.24, 2.45) is 13.0 Å². The van der Waals surface area contributed by atoms with Gasteiger partial charge in [0.2, 0.25) is 0 Å². The van der Waals surface area contributed by atoms with Crippen LogP contribution in [0.2, 0.25) is 0 Å². The topological polar surface area (TPSA) is 141 Å². The van der Waals surface area contributed by atoms with Gasteiger partial charge in [0, 0.05) is 31.3 Å². The van der Waals surface area contributed by atoms with Crippen LogP contribution >= 0.6 is 11.8 Å². The van der Waals surface area contributed by atoms with Crippen LogP contribution in [0.15, 0.2) is 34.6 Å². The standard InChI is InChI=1S/C19H26N6O5S/c1-5-30-19(27)22-14(8-12(2)3)10-20-17(26)13-6-7-16(15(9-13)25(28)29)31-18-23-21-11-24(18)4/h6-7,9,11-12,14H,5,8,10H2,1-4H3,(H,20,26)(H,22,27). The molecule has 1 aromatic heterocycles. The first-order valence-electron chi connectivity index (χ1n) is 9.73. The molecule has 0 saturated heterocycles. The number of ether oxygens (including phenoxy) is 1. The van der Waals surface area contributed by atoms with Gasteiger partial charge in [-0.3, -0.25) is 14.9 Å². The molecule has 12 heteroatoms. The van der Waals surface area contributed by atoms with Crippen molar-refractivity contribution in [1.82, 2.24) is 25.4 Å². The fourth-order valence-electron chi connectivity index (χ4n) is 2.77. The lowest BCUT2D eigenvalue weighted by molar-refractivity contribution is -0.387. The number of hydrogen-bond donors (Lipinski definition) is 2. The Morgan fingerprint density at radius 3 is 2.68 bits per heavy atom. The number of nitro groups is 1. The predicted octanol–water partition coefficient (Wildman–Crippen LogP) is 2.77. The number of carbonyl (C=O) groups is 2. The minimum Gasteiger partial charge on any atom is -0.450 e. The van der Waals surface area contributed by atoms with Crippen LogP contribution in [0.1, 0.15) is 37.6 Å². The Morgan fingerprint density at radius 2 is 2.10 bits per heavy atom. The van der Waals surface area contributed by atoms with Crippen LogP contribution in [-0.4, -0.2) is 50.9 Å². The maximum absolute atomic E-state index is 12.6. The van der Waals surface area contributed by atoms with Crippen LogP contribution in [-0.2, 0) is 11.8 Å². The van der Waals surface area contributed by atoms with E-state index in [0.29, 0.717) is 16.5 Å². The highest BCUT2D eigenvalue weighted by molar-refractivity contribution is 7.99. The Balaban J connectivity index is 2.11. The minimum absolute atomic E-state index is 0.147. The number of nitrogens with one attached hydrogen (secondary N) is 2. The van der Waals surface area contributed by atoms with E-state index < -0.39 is 16.9 Å². The van der Waals surface area contributed by atoms with E-state index in [4.69, 9.17) is 4.74 Å². The number of hydrogen-bond acceptors (Lipinski definition) is 8. The van der Waals surface area contributed by atoms with E-state index in [-0.39, 0.29) is 36.4 Å². The largest absolute Gasteiger partial charge is 0.450 e. The summed E-state index contributed by atoms with van der Waals surface area (Å²) in [5, 5.41) is 25.1. The number of rotatable bonds is 10. The van der Waals surface area contributed by atoms with Gasteiger partial charge in [-0.2, -0.15) is 0 Å². The molecule has 1 heterocycles. The van der Waals surface area contributed by atoms with Crippen LogP contribution in [0.3, 0.4) is 0 Å². The van der Waals surface area contributed by atoms with Gasteiger partial charge in [-0.25, -0.2) is 4.79 Å². The van der Waals surface area contributed by atoms with Crippen LogP contribution < -0.4 is 10.6 Å². The number of nitro benzene ring substituents is 1. The molecular formula is C19H26N6O5S. The molecule has 2 aromatic rings. The molecule has 2 amide bonds. The molecule has 0 aliphatic heterocycles. The maximum atomic E-state index is 12.6. The summed E-state index contributed by atoms with van der Waals surface area (Å²) in [5.74, 6) is -0.195. The van der Waals surface area contributed by atoms with Gasteiger partial charge in [0.1, 0.15) is 6.33 Å². The van der Waals surface area contributed by atoms with Crippen LogP contribution in [0.25, 0.3) is 0 Å². The molecule has 1 atom stereocenters. The number of aromatic nitrogens is 3. The third-order valence-electron chi connectivity index (χ3n) is 4.15. The summed E-state index contributed by atoms with van der Waals surface area (Å²) in [5.41, 5.74) is -0.0579. The van der Waals surface area contributed by atoms with Gasteiger partial charge in [-0.05, 0) is 43.2 Å². The monoisotopic (exact) mass is 450 g/mol. The molecule has 0 spiro atoms. The van der Waals surface area contributed by atoms with Gasteiger partial charge in [0.05, 0.1) is 16.4 Å². The molecule has 0 radical (unpaired) electrons. The Bertz CT molecular complexity index is 932. The summed E-state index contributed by atoms with van der Waals surface area (Å²) < 4.78 is 6.54. The summed E-state index contributed by atoms with van der Waals surface area (Å²) in [6.07, 6.45) is 1.57. The van der Waals surface area contributed by atoms with Crippen molar-refractivity contribution in [1.29, 1.82) is 0 Å². The number of nitrogens with zero attached hydrogens (tertiary/aromatic N) is 4. The first-order chi connectivity index (χ1) is 14.7. The lowest BCUT2D eigenvalue weighted by Crippen LogP contribution is -2.44. The fraction of sp³-hybridized carbons (Fsp3) is 0.474. The zero-order valence-corrected chi connectivity index (χ0v) is 18.6. The van der Waals surface area contributed by atoms with Gasteiger partial charge < -0.3 is 19.9 Å². The van der Waals surface area contributed by atoms with E-state index in [9.17, 15) is 19.7 Å². The van der Waals surface area contributed by atoms with Gasteiger partial charge >= 0.3 is 6.09 Å². The van der Waals surface area contributed by atoms with Crippen molar-refractivity contribution in [3.63, 3.8) is 0 Å². The first-order valence-corrected chi connectivity index (χ1v) is 10.5. The highest BCUT2D eigenvalue weighted by Gasteiger charge is 2.21. The Labute approximate surface area is 184 Å². The number of carbonyl (C=O) groups excluding carboxylic acids is 2. The Hall–Kier alpha value is -3.15. The summed E-state index contributed by atoms with van der Waals surface area (Å²) in [6, 6.07) is 3.92. The zero-order chi connectivity index (χ0) is 23.0. The number of alkyl carbamates (subject to hydrolysis) is 1. The second-order valence-corrected chi connectivity index (χ2v) is 8.18. The second-order valence-electron chi connectivity index (χ2n) is 7.17.